The molecule has 1 amide bonds. The lowest BCUT2D eigenvalue weighted by Gasteiger charge is -2.06. The maximum atomic E-state index is 12.4. The number of aryl methyl sites for hydroxylation is 1. The molecular formula is C24H20ClN5O2S. The summed E-state index contributed by atoms with van der Waals surface area (Å²) in [4.78, 5) is 12.4. The maximum absolute atomic E-state index is 12.4. The van der Waals surface area contributed by atoms with Crippen LogP contribution in [0.3, 0.4) is 0 Å². The Bertz CT molecular complexity index is 1260. The molecule has 9 heteroatoms. The molecule has 3 aromatic carbocycles. The molecule has 1 heterocycles. The van der Waals surface area contributed by atoms with Crippen LogP contribution in [0.25, 0.3) is 0 Å². The smallest absolute Gasteiger partial charge is 0.271 e. The van der Waals surface area contributed by atoms with Gasteiger partial charge >= 0.3 is 0 Å². The fourth-order valence-corrected chi connectivity index (χ4v) is 3.80. The molecule has 0 radical (unpaired) electrons. The van der Waals surface area contributed by atoms with Crippen molar-refractivity contribution >= 4 is 35.5 Å². The summed E-state index contributed by atoms with van der Waals surface area (Å²) in [5, 5.41) is 13.5. The van der Waals surface area contributed by atoms with E-state index < -0.39 is 0 Å². The van der Waals surface area contributed by atoms with Gasteiger partial charge in [0.05, 0.1) is 6.21 Å². The Morgan fingerprint density at radius 3 is 2.64 bits per heavy atom. The van der Waals surface area contributed by atoms with Crippen LogP contribution in [-0.4, -0.2) is 26.9 Å². The molecule has 0 atom stereocenters. The Morgan fingerprint density at radius 1 is 1.12 bits per heavy atom. The van der Waals surface area contributed by atoms with Crippen molar-refractivity contribution in [1.82, 2.24) is 20.2 Å². The highest BCUT2D eigenvalue weighted by Crippen LogP contribution is 2.23. The molecule has 33 heavy (non-hydrogen) atoms. The van der Waals surface area contributed by atoms with Gasteiger partial charge in [-0.1, -0.05) is 47.6 Å². The summed E-state index contributed by atoms with van der Waals surface area (Å²) in [6.45, 7) is 0. The number of aromatic nitrogens is 3. The van der Waals surface area contributed by atoms with Crippen molar-refractivity contribution in [3.8, 4) is 11.5 Å². The first-order valence-corrected chi connectivity index (χ1v) is 11.4. The lowest BCUT2D eigenvalue weighted by Crippen LogP contribution is -2.17. The number of hydrogen-bond acceptors (Lipinski definition) is 6. The molecule has 4 rings (SSSR count). The van der Waals surface area contributed by atoms with Gasteiger partial charge in [-0.3, -0.25) is 4.79 Å². The Balaban J connectivity index is 1.30. The molecule has 166 valence electrons. The third kappa shape index (κ3) is 6.44. The molecule has 0 fully saturated rings. The highest BCUT2D eigenvalue weighted by atomic mass is 35.5. The molecule has 0 aliphatic carbocycles. The van der Waals surface area contributed by atoms with Gasteiger partial charge in [0.2, 0.25) is 0 Å². The lowest BCUT2D eigenvalue weighted by molar-refractivity contribution is 0.0955. The zero-order valence-corrected chi connectivity index (χ0v) is 19.3. The van der Waals surface area contributed by atoms with Crippen molar-refractivity contribution in [2.75, 3.05) is 0 Å². The third-order valence-corrected chi connectivity index (χ3v) is 5.90. The standard InChI is InChI=1S/C24H20ClN5O2S/c1-30-16-27-29-24(30)33-15-17-5-7-19(8-6-17)23(31)28-26-14-18-3-2-4-22(13-18)32-21-11-9-20(25)10-12-21/h2-14,16H,15H2,1H3,(H,28,31)/b26-14+. The van der Waals surface area contributed by atoms with E-state index in [1.807, 2.05) is 48.0 Å². The summed E-state index contributed by atoms with van der Waals surface area (Å²) < 4.78 is 7.68. The van der Waals surface area contributed by atoms with E-state index in [1.54, 1.807) is 60.7 Å². The van der Waals surface area contributed by atoms with Gasteiger partial charge in [0, 0.05) is 23.4 Å². The molecule has 0 saturated heterocycles. The first-order valence-electron chi connectivity index (χ1n) is 9.99. The Morgan fingerprint density at radius 2 is 1.91 bits per heavy atom. The number of hydrogen-bond donors (Lipinski definition) is 1. The van der Waals surface area contributed by atoms with E-state index in [0.717, 1.165) is 22.0 Å². The summed E-state index contributed by atoms with van der Waals surface area (Å²) in [7, 11) is 1.90. The quantitative estimate of drug-likeness (QED) is 0.211. The van der Waals surface area contributed by atoms with E-state index >= 15 is 0 Å². The van der Waals surface area contributed by atoms with Gasteiger partial charge in [-0.05, 0) is 59.7 Å². The van der Waals surface area contributed by atoms with Crippen molar-refractivity contribution in [2.24, 2.45) is 12.1 Å². The van der Waals surface area contributed by atoms with Crippen molar-refractivity contribution in [1.29, 1.82) is 0 Å². The third-order valence-electron chi connectivity index (χ3n) is 4.54. The zero-order valence-electron chi connectivity index (χ0n) is 17.7. The van der Waals surface area contributed by atoms with Gasteiger partial charge in [0.1, 0.15) is 17.8 Å². The molecule has 0 saturated carbocycles. The van der Waals surface area contributed by atoms with E-state index in [9.17, 15) is 4.79 Å². The van der Waals surface area contributed by atoms with Crippen molar-refractivity contribution < 1.29 is 9.53 Å². The molecular weight excluding hydrogens is 458 g/mol. The van der Waals surface area contributed by atoms with Crippen LogP contribution < -0.4 is 10.2 Å². The average molecular weight is 478 g/mol. The number of halogens is 1. The minimum Gasteiger partial charge on any atom is -0.457 e. The molecule has 4 aromatic rings. The van der Waals surface area contributed by atoms with Crippen LogP contribution in [-0.2, 0) is 12.8 Å². The lowest BCUT2D eigenvalue weighted by atomic mass is 10.1. The molecule has 0 unspecified atom stereocenters. The molecule has 0 aliphatic heterocycles. The first kappa shape index (κ1) is 22.6. The van der Waals surface area contributed by atoms with Gasteiger partial charge in [-0.25, -0.2) is 5.43 Å². The van der Waals surface area contributed by atoms with Crippen molar-refractivity contribution in [3.63, 3.8) is 0 Å². The van der Waals surface area contributed by atoms with Crippen molar-refractivity contribution in [2.45, 2.75) is 10.9 Å². The molecule has 1 N–H and O–H groups in total. The fraction of sp³-hybridized carbons (Fsp3) is 0.0833. The molecule has 7 nitrogen and oxygen atoms in total. The number of rotatable bonds is 8. The molecule has 0 aliphatic rings. The summed E-state index contributed by atoms with van der Waals surface area (Å²) >= 11 is 7.48. The Labute approximate surface area is 200 Å². The second-order valence-electron chi connectivity index (χ2n) is 7.04. The van der Waals surface area contributed by atoms with Gasteiger partial charge in [-0.15, -0.1) is 10.2 Å². The second kappa shape index (κ2) is 10.8. The largest absolute Gasteiger partial charge is 0.457 e. The van der Waals surface area contributed by atoms with Gasteiger partial charge in [0.25, 0.3) is 5.91 Å². The fourth-order valence-electron chi connectivity index (χ4n) is 2.83. The minimum atomic E-state index is -0.285. The van der Waals surface area contributed by atoms with Gasteiger partial charge in [0.15, 0.2) is 5.16 Å². The number of carbonyl (C=O) groups excluding carboxylic acids is 1. The first-order chi connectivity index (χ1) is 16.1. The number of carbonyl (C=O) groups is 1. The second-order valence-corrected chi connectivity index (χ2v) is 8.42. The van der Waals surface area contributed by atoms with Crippen LogP contribution in [0.2, 0.25) is 5.02 Å². The number of thioether (sulfide) groups is 1. The SMILES string of the molecule is Cn1cnnc1SCc1ccc(C(=O)N/N=C/c2cccc(Oc3ccc(Cl)cc3)c2)cc1. The highest BCUT2D eigenvalue weighted by molar-refractivity contribution is 7.98. The summed E-state index contributed by atoms with van der Waals surface area (Å²) in [5.41, 5.74) is 4.95. The van der Waals surface area contributed by atoms with E-state index in [0.29, 0.717) is 22.1 Å². The van der Waals surface area contributed by atoms with Crippen LogP contribution in [0.1, 0.15) is 21.5 Å². The van der Waals surface area contributed by atoms with E-state index in [2.05, 4.69) is 20.7 Å². The summed E-state index contributed by atoms with van der Waals surface area (Å²) in [6, 6.07) is 21.9. The summed E-state index contributed by atoms with van der Waals surface area (Å²) in [5.74, 6) is 1.79. The number of nitrogens with zero attached hydrogens (tertiary/aromatic N) is 4. The highest BCUT2D eigenvalue weighted by Gasteiger charge is 2.06. The topological polar surface area (TPSA) is 81.4 Å². The number of nitrogens with one attached hydrogen (secondary N) is 1. The minimum absolute atomic E-state index is 0.285. The number of amides is 1. The summed E-state index contributed by atoms with van der Waals surface area (Å²) in [6.07, 6.45) is 3.23. The monoisotopic (exact) mass is 477 g/mol. The zero-order chi connectivity index (χ0) is 23.0. The molecule has 1 aromatic heterocycles. The molecule has 0 bridgehead atoms. The average Bonchev–Trinajstić information content (AvgIpc) is 3.24. The van der Waals surface area contributed by atoms with E-state index in [1.165, 1.54) is 0 Å². The Hall–Kier alpha value is -3.62. The van der Waals surface area contributed by atoms with Crippen LogP contribution in [0.15, 0.2) is 89.4 Å². The van der Waals surface area contributed by atoms with Gasteiger partial charge in [-0.2, -0.15) is 5.10 Å². The molecule has 0 spiro atoms. The van der Waals surface area contributed by atoms with Crippen LogP contribution in [0.4, 0.5) is 0 Å². The van der Waals surface area contributed by atoms with Crippen LogP contribution in [0, 0.1) is 0 Å². The number of hydrazone groups is 1. The van der Waals surface area contributed by atoms with Crippen LogP contribution >= 0.6 is 23.4 Å². The Kier molecular flexibility index (Phi) is 7.39. The predicted octanol–water partition coefficient (Wildman–Crippen LogP) is 5.32. The number of benzene rings is 3. The van der Waals surface area contributed by atoms with Crippen molar-refractivity contribution in [3.05, 3.63) is 101 Å². The van der Waals surface area contributed by atoms with Gasteiger partial charge < -0.3 is 9.30 Å². The predicted molar refractivity (Wildman–Crippen MR) is 130 cm³/mol. The van der Waals surface area contributed by atoms with Crippen LogP contribution in [0.5, 0.6) is 11.5 Å². The van der Waals surface area contributed by atoms with E-state index in [4.69, 9.17) is 16.3 Å². The number of ether oxygens (including phenoxy) is 1. The normalized spacial score (nSPS) is 11.0. The maximum Gasteiger partial charge on any atom is 0.271 e. The van der Waals surface area contributed by atoms with E-state index in [-0.39, 0.29) is 5.91 Å².